The minimum absolute atomic E-state index is 0.00312. The van der Waals surface area contributed by atoms with Crippen LogP contribution < -0.4 is 4.74 Å². The van der Waals surface area contributed by atoms with Gasteiger partial charge in [-0.2, -0.15) is 0 Å². The minimum atomic E-state index is -0.223. The van der Waals surface area contributed by atoms with Gasteiger partial charge in [0.05, 0.1) is 16.8 Å². The van der Waals surface area contributed by atoms with Crippen molar-refractivity contribution >= 4 is 21.7 Å². The van der Waals surface area contributed by atoms with Gasteiger partial charge in [0.1, 0.15) is 5.75 Å². The SMILES string of the molecule is CC(O)=CC(=O)c1ccc(Br)c(OCC2CC2)c1. The lowest BCUT2D eigenvalue weighted by molar-refractivity contribution is 0.104. The monoisotopic (exact) mass is 310 g/mol. The van der Waals surface area contributed by atoms with Gasteiger partial charge in [-0.25, -0.2) is 0 Å². The molecule has 0 aromatic heterocycles. The van der Waals surface area contributed by atoms with E-state index in [2.05, 4.69) is 15.9 Å². The summed E-state index contributed by atoms with van der Waals surface area (Å²) >= 11 is 3.40. The Balaban J connectivity index is 2.13. The number of rotatable bonds is 5. The van der Waals surface area contributed by atoms with Crippen molar-refractivity contribution in [3.05, 3.63) is 40.1 Å². The summed E-state index contributed by atoms with van der Waals surface area (Å²) in [5.41, 5.74) is 0.511. The van der Waals surface area contributed by atoms with Gasteiger partial charge in [0.25, 0.3) is 0 Å². The molecule has 1 aliphatic rings. The predicted molar refractivity (Wildman–Crippen MR) is 73.1 cm³/mol. The van der Waals surface area contributed by atoms with Crippen LogP contribution in [0.4, 0.5) is 0 Å². The zero-order valence-electron chi connectivity index (χ0n) is 10.1. The number of carbonyl (C=O) groups is 1. The fourth-order valence-corrected chi connectivity index (χ4v) is 1.89. The molecule has 1 fully saturated rings. The Morgan fingerprint density at radius 2 is 2.28 bits per heavy atom. The number of hydrogen-bond donors (Lipinski definition) is 1. The maximum Gasteiger partial charge on any atom is 0.189 e. The molecule has 0 unspecified atom stereocenters. The zero-order chi connectivity index (χ0) is 13.1. The minimum Gasteiger partial charge on any atom is -0.512 e. The molecule has 0 amide bonds. The van der Waals surface area contributed by atoms with Crippen LogP contribution in [0.1, 0.15) is 30.1 Å². The summed E-state index contributed by atoms with van der Waals surface area (Å²) in [6.45, 7) is 2.17. The maximum atomic E-state index is 11.8. The lowest BCUT2D eigenvalue weighted by Gasteiger charge is -2.08. The average Bonchev–Trinajstić information content (AvgIpc) is 3.10. The number of ketones is 1. The molecule has 1 aliphatic carbocycles. The third kappa shape index (κ3) is 3.60. The third-order valence-electron chi connectivity index (χ3n) is 2.73. The van der Waals surface area contributed by atoms with E-state index in [0.717, 1.165) is 4.47 Å². The lowest BCUT2D eigenvalue weighted by Crippen LogP contribution is -2.02. The first-order valence-electron chi connectivity index (χ1n) is 5.90. The molecule has 0 radical (unpaired) electrons. The molecule has 0 bridgehead atoms. The summed E-state index contributed by atoms with van der Waals surface area (Å²) in [7, 11) is 0. The molecule has 0 aliphatic heterocycles. The van der Waals surface area contributed by atoms with Crippen molar-refractivity contribution < 1.29 is 14.6 Å². The van der Waals surface area contributed by atoms with Crippen LogP contribution in [0.5, 0.6) is 5.75 Å². The molecule has 3 nitrogen and oxygen atoms in total. The zero-order valence-corrected chi connectivity index (χ0v) is 11.7. The van der Waals surface area contributed by atoms with Crippen molar-refractivity contribution in [3.8, 4) is 5.75 Å². The topological polar surface area (TPSA) is 46.5 Å². The normalized spacial score (nSPS) is 15.6. The van der Waals surface area contributed by atoms with Gasteiger partial charge in [0.15, 0.2) is 5.78 Å². The molecule has 4 heteroatoms. The molecule has 1 aromatic rings. The number of benzene rings is 1. The number of allylic oxidation sites excluding steroid dienone is 2. The second-order valence-electron chi connectivity index (χ2n) is 4.55. The van der Waals surface area contributed by atoms with Gasteiger partial charge in [0.2, 0.25) is 0 Å². The standard InChI is InChI=1S/C14H15BrO3/c1-9(16)6-13(17)11-4-5-12(15)14(7-11)18-8-10-2-3-10/h4-7,10,16H,2-3,8H2,1H3. The van der Waals surface area contributed by atoms with E-state index in [9.17, 15) is 4.79 Å². The number of aliphatic hydroxyl groups excluding tert-OH is 1. The fourth-order valence-electron chi connectivity index (χ4n) is 1.53. The van der Waals surface area contributed by atoms with Crippen molar-refractivity contribution in [2.45, 2.75) is 19.8 Å². The molecule has 0 spiro atoms. The smallest absolute Gasteiger partial charge is 0.189 e. The lowest BCUT2D eigenvalue weighted by atomic mass is 10.1. The quantitative estimate of drug-likeness (QED) is 0.510. The highest BCUT2D eigenvalue weighted by Crippen LogP contribution is 2.32. The van der Waals surface area contributed by atoms with E-state index in [1.165, 1.54) is 25.8 Å². The third-order valence-corrected chi connectivity index (χ3v) is 3.38. The highest BCUT2D eigenvalue weighted by Gasteiger charge is 2.22. The summed E-state index contributed by atoms with van der Waals surface area (Å²) in [6, 6.07) is 5.19. The van der Waals surface area contributed by atoms with E-state index in [1.54, 1.807) is 18.2 Å². The molecule has 2 rings (SSSR count). The molecule has 96 valence electrons. The molecule has 1 saturated carbocycles. The van der Waals surface area contributed by atoms with Gasteiger partial charge in [0, 0.05) is 11.6 Å². The average molecular weight is 311 g/mol. The molecule has 1 N–H and O–H groups in total. The van der Waals surface area contributed by atoms with Crippen LogP contribution in [-0.4, -0.2) is 17.5 Å². The summed E-state index contributed by atoms with van der Waals surface area (Å²) < 4.78 is 6.51. The maximum absolute atomic E-state index is 11.8. The van der Waals surface area contributed by atoms with Crippen molar-refractivity contribution in [1.29, 1.82) is 0 Å². The second-order valence-corrected chi connectivity index (χ2v) is 5.40. The first-order chi connectivity index (χ1) is 8.56. The van der Waals surface area contributed by atoms with Crippen LogP contribution in [0.3, 0.4) is 0 Å². The highest BCUT2D eigenvalue weighted by molar-refractivity contribution is 9.10. The van der Waals surface area contributed by atoms with Crippen molar-refractivity contribution in [2.75, 3.05) is 6.61 Å². The molecule has 0 saturated heterocycles. The van der Waals surface area contributed by atoms with Crippen LogP contribution in [0.2, 0.25) is 0 Å². The van der Waals surface area contributed by atoms with E-state index >= 15 is 0 Å². The number of hydrogen-bond acceptors (Lipinski definition) is 3. The predicted octanol–water partition coefficient (Wildman–Crippen LogP) is 3.88. The van der Waals surface area contributed by atoms with E-state index < -0.39 is 0 Å². The molecular weight excluding hydrogens is 296 g/mol. The largest absolute Gasteiger partial charge is 0.512 e. The Hall–Kier alpha value is -1.29. The summed E-state index contributed by atoms with van der Waals surface area (Å²) in [5, 5.41) is 9.09. The molecule has 0 heterocycles. The second kappa shape index (κ2) is 5.57. The van der Waals surface area contributed by atoms with Crippen molar-refractivity contribution in [1.82, 2.24) is 0 Å². The van der Waals surface area contributed by atoms with Gasteiger partial charge >= 0.3 is 0 Å². The van der Waals surface area contributed by atoms with Crippen LogP contribution in [0.25, 0.3) is 0 Å². The molecular formula is C14H15BrO3. The Morgan fingerprint density at radius 3 is 2.89 bits per heavy atom. The van der Waals surface area contributed by atoms with Crippen LogP contribution in [0.15, 0.2) is 34.5 Å². The number of carbonyl (C=O) groups excluding carboxylic acids is 1. The fraction of sp³-hybridized carbons (Fsp3) is 0.357. The van der Waals surface area contributed by atoms with Gasteiger partial charge < -0.3 is 9.84 Å². The van der Waals surface area contributed by atoms with Gasteiger partial charge in [-0.1, -0.05) is 0 Å². The molecule has 0 atom stereocenters. The van der Waals surface area contributed by atoms with Crippen LogP contribution in [-0.2, 0) is 0 Å². The van der Waals surface area contributed by atoms with Gasteiger partial charge in [-0.15, -0.1) is 0 Å². The summed E-state index contributed by atoms with van der Waals surface area (Å²) in [5.74, 6) is 1.12. The van der Waals surface area contributed by atoms with Crippen LogP contribution >= 0.6 is 15.9 Å². The Bertz CT molecular complexity index is 486. The Kier molecular flexibility index (Phi) is 4.07. The first-order valence-corrected chi connectivity index (χ1v) is 6.69. The molecule has 1 aromatic carbocycles. The highest BCUT2D eigenvalue weighted by atomic mass is 79.9. The van der Waals surface area contributed by atoms with E-state index in [-0.39, 0.29) is 11.5 Å². The number of aliphatic hydroxyl groups is 1. The van der Waals surface area contributed by atoms with E-state index in [0.29, 0.717) is 23.8 Å². The first kappa shape index (κ1) is 13.1. The van der Waals surface area contributed by atoms with E-state index in [1.807, 2.05) is 0 Å². The van der Waals surface area contributed by atoms with Gasteiger partial charge in [-0.05, 0) is 59.8 Å². The number of halogens is 1. The molecule has 18 heavy (non-hydrogen) atoms. The Morgan fingerprint density at radius 1 is 1.56 bits per heavy atom. The summed E-state index contributed by atoms with van der Waals surface area (Å²) in [4.78, 5) is 11.8. The van der Waals surface area contributed by atoms with Crippen molar-refractivity contribution in [3.63, 3.8) is 0 Å². The van der Waals surface area contributed by atoms with Crippen LogP contribution in [0, 0.1) is 5.92 Å². The van der Waals surface area contributed by atoms with Gasteiger partial charge in [-0.3, -0.25) is 4.79 Å². The summed E-state index contributed by atoms with van der Waals surface area (Å²) in [6.07, 6.45) is 3.65. The van der Waals surface area contributed by atoms with E-state index in [4.69, 9.17) is 9.84 Å². The Labute approximate surface area is 115 Å². The number of ether oxygens (including phenoxy) is 1. The van der Waals surface area contributed by atoms with Crippen molar-refractivity contribution in [2.24, 2.45) is 5.92 Å².